The number of hydrogen-bond donors (Lipinski definition) is 1. The van der Waals surface area contributed by atoms with Gasteiger partial charge in [0.05, 0.1) is 6.04 Å². The Hall–Kier alpha value is -1.55. The van der Waals surface area contributed by atoms with Crippen LogP contribution in [0, 0.1) is 5.92 Å². The Morgan fingerprint density at radius 3 is 2.68 bits per heavy atom. The molecule has 0 spiro atoms. The summed E-state index contributed by atoms with van der Waals surface area (Å²) in [7, 11) is 0. The Morgan fingerprint density at radius 2 is 2.11 bits per heavy atom. The van der Waals surface area contributed by atoms with Crippen molar-refractivity contribution in [2.75, 3.05) is 0 Å². The minimum atomic E-state index is -0.645. The molecule has 0 fully saturated rings. The van der Waals surface area contributed by atoms with Gasteiger partial charge in [-0.25, -0.2) is 4.79 Å². The van der Waals surface area contributed by atoms with E-state index in [1.165, 1.54) is 0 Å². The van der Waals surface area contributed by atoms with E-state index >= 15 is 0 Å². The number of halogens is 1. The van der Waals surface area contributed by atoms with Crippen molar-refractivity contribution in [1.29, 1.82) is 0 Å². The molecule has 0 bridgehead atoms. The van der Waals surface area contributed by atoms with Crippen molar-refractivity contribution in [3.63, 3.8) is 0 Å². The molecule has 1 amide bonds. The van der Waals surface area contributed by atoms with Crippen molar-refractivity contribution >= 4 is 24.0 Å². The van der Waals surface area contributed by atoms with Crippen LogP contribution >= 0.6 is 11.6 Å². The summed E-state index contributed by atoms with van der Waals surface area (Å²) in [5.41, 5.74) is 0.717. The number of carbonyl (C=O) groups excluding carboxylic acids is 2. The second kappa shape index (κ2) is 7.79. The molecule has 1 radical (unpaired) electrons. The Labute approximate surface area is 118 Å². The molecule has 0 aromatic heterocycles. The van der Waals surface area contributed by atoms with Crippen LogP contribution in [0.3, 0.4) is 0 Å². The van der Waals surface area contributed by atoms with E-state index in [4.69, 9.17) is 16.3 Å². The van der Waals surface area contributed by atoms with E-state index < -0.39 is 12.1 Å². The van der Waals surface area contributed by atoms with Gasteiger partial charge in [-0.1, -0.05) is 43.6 Å². The van der Waals surface area contributed by atoms with Crippen molar-refractivity contribution in [1.82, 2.24) is 5.32 Å². The predicted molar refractivity (Wildman–Crippen MR) is 73.7 cm³/mol. The second-order valence-corrected chi connectivity index (χ2v) is 5.02. The minimum absolute atomic E-state index is 0.0682. The Morgan fingerprint density at radius 1 is 1.42 bits per heavy atom. The van der Waals surface area contributed by atoms with E-state index in [2.05, 4.69) is 5.32 Å². The number of nitrogens with one attached hydrogen (secondary N) is 1. The van der Waals surface area contributed by atoms with E-state index in [0.29, 0.717) is 11.4 Å². The van der Waals surface area contributed by atoms with E-state index in [9.17, 15) is 9.59 Å². The molecule has 1 rings (SSSR count). The largest absolute Gasteiger partial charge is 0.445 e. The summed E-state index contributed by atoms with van der Waals surface area (Å²) in [6, 6.07) is 6.46. The highest BCUT2D eigenvalue weighted by molar-refractivity contribution is 6.31. The molecule has 5 heteroatoms. The van der Waals surface area contributed by atoms with E-state index in [0.717, 1.165) is 5.56 Å². The van der Waals surface area contributed by atoms with Gasteiger partial charge < -0.3 is 10.1 Å². The molecule has 0 aliphatic heterocycles. The van der Waals surface area contributed by atoms with Crippen molar-refractivity contribution in [3.8, 4) is 0 Å². The van der Waals surface area contributed by atoms with Crippen LogP contribution in [0.1, 0.15) is 25.8 Å². The molecule has 0 aliphatic carbocycles. The summed E-state index contributed by atoms with van der Waals surface area (Å²) < 4.78 is 5.01. The molecule has 4 nitrogen and oxygen atoms in total. The zero-order chi connectivity index (χ0) is 14.3. The molecule has 1 aromatic rings. The molecular formula is C14H17ClNO3. The minimum Gasteiger partial charge on any atom is -0.445 e. The lowest BCUT2D eigenvalue weighted by Crippen LogP contribution is -2.37. The van der Waals surface area contributed by atoms with Gasteiger partial charge in [0.25, 0.3) is 0 Å². The average molecular weight is 283 g/mol. The number of benzene rings is 1. The van der Waals surface area contributed by atoms with Crippen LogP contribution in [0.4, 0.5) is 4.79 Å². The highest BCUT2D eigenvalue weighted by Gasteiger charge is 2.15. The van der Waals surface area contributed by atoms with E-state index in [-0.39, 0.29) is 12.5 Å². The van der Waals surface area contributed by atoms with Gasteiger partial charge in [-0.3, -0.25) is 4.79 Å². The molecule has 0 saturated heterocycles. The number of amides is 1. The first kappa shape index (κ1) is 15.5. The van der Waals surface area contributed by atoms with Gasteiger partial charge in [0.1, 0.15) is 6.61 Å². The average Bonchev–Trinajstić information content (AvgIpc) is 2.36. The smallest absolute Gasteiger partial charge is 0.408 e. The normalized spacial score (nSPS) is 12.0. The zero-order valence-corrected chi connectivity index (χ0v) is 11.7. The van der Waals surface area contributed by atoms with Gasteiger partial charge in [0, 0.05) is 10.6 Å². The molecule has 0 aliphatic rings. The lowest BCUT2D eigenvalue weighted by molar-refractivity contribution is 0.137. The number of ether oxygens (including phenoxy) is 1. The highest BCUT2D eigenvalue weighted by Crippen LogP contribution is 2.15. The molecule has 1 aromatic carbocycles. The zero-order valence-electron chi connectivity index (χ0n) is 11.0. The predicted octanol–water partition coefficient (Wildman–Crippen LogP) is 3.09. The maximum Gasteiger partial charge on any atom is 0.408 e. The Bertz CT molecular complexity index is 434. The molecule has 1 N–H and O–H groups in total. The SMILES string of the molecule is CC(C)C[C@@H]([C]=O)NC(=O)OCc1ccccc1Cl. The molecule has 1 atom stereocenters. The maximum atomic E-state index is 11.5. The van der Waals surface area contributed by atoms with Crippen LogP contribution in [0.5, 0.6) is 0 Å². The van der Waals surface area contributed by atoms with Crippen molar-refractivity contribution in [3.05, 3.63) is 34.9 Å². The Kier molecular flexibility index (Phi) is 6.36. The molecule has 103 valence electrons. The van der Waals surface area contributed by atoms with Crippen LogP contribution in [0.25, 0.3) is 0 Å². The molecular weight excluding hydrogens is 266 g/mol. The lowest BCUT2D eigenvalue weighted by Gasteiger charge is -2.14. The van der Waals surface area contributed by atoms with Crippen LogP contribution in [0.15, 0.2) is 24.3 Å². The first-order valence-corrected chi connectivity index (χ1v) is 6.45. The molecule has 0 unspecified atom stereocenters. The second-order valence-electron chi connectivity index (χ2n) is 4.61. The standard InChI is InChI=1S/C14H17ClNO3/c1-10(2)7-12(8-17)16-14(18)19-9-11-5-3-4-6-13(11)15/h3-6,10,12H,7,9H2,1-2H3,(H,16,18)/t12-/m0/s1. The van der Waals surface area contributed by atoms with Crippen molar-refractivity contribution in [2.45, 2.75) is 32.9 Å². The van der Waals surface area contributed by atoms with Crippen LogP contribution in [-0.4, -0.2) is 18.4 Å². The van der Waals surface area contributed by atoms with Crippen molar-refractivity contribution < 1.29 is 14.3 Å². The fourth-order valence-electron chi connectivity index (χ4n) is 1.55. The highest BCUT2D eigenvalue weighted by atomic mass is 35.5. The summed E-state index contributed by atoms with van der Waals surface area (Å²) >= 11 is 5.94. The summed E-state index contributed by atoms with van der Waals surface area (Å²) in [5, 5.41) is 3.00. The number of rotatable bonds is 6. The molecule has 0 saturated carbocycles. The summed E-state index contributed by atoms with van der Waals surface area (Å²) in [5.74, 6) is 0.287. The third-order valence-electron chi connectivity index (χ3n) is 2.46. The maximum absolute atomic E-state index is 11.5. The van der Waals surface area contributed by atoms with Gasteiger partial charge in [0.2, 0.25) is 6.29 Å². The lowest BCUT2D eigenvalue weighted by atomic mass is 10.1. The third kappa shape index (κ3) is 5.75. The monoisotopic (exact) mass is 282 g/mol. The van der Waals surface area contributed by atoms with Gasteiger partial charge in [-0.2, -0.15) is 0 Å². The first-order chi connectivity index (χ1) is 9.02. The Balaban J connectivity index is 2.43. The van der Waals surface area contributed by atoms with Gasteiger partial charge in [-0.05, 0) is 18.4 Å². The number of alkyl carbamates (subject to hydrolysis) is 1. The summed E-state index contributed by atoms with van der Waals surface area (Å²) in [6.45, 7) is 3.99. The molecule has 19 heavy (non-hydrogen) atoms. The topological polar surface area (TPSA) is 55.4 Å². The summed E-state index contributed by atoms with van der Waals surface area (Å²) in [6.07, 6.45) is 1.67. The van der Waals surface area contributed by atoms with E-state index in [1.54, 1.807) is 24.5 Å². The van der Waals surface area contributed by atoms with Crippen LogP contribution in [-0.2, 0) is 16.1 Å². The van der Waals surface area contributed by atoms with Gasteiger partial charge in [0.15, 0.2) is 0 Å². The fourth-order valence-corrected chi connectivity index (χ4v) is 1.74. The molecule has 0 heterocycles. The van der Waals surface area contributed by atoms with Gasteiger partial charge in [-0.15, -0.1) is 0 Å². The number of hydrogen-bond acceptors (Lipinski definition) is 3. The quantitative estimate of drug-likeness (QED) is 0.872. The number of carbonyl (C=O) groups is 1. The van der Waals surface area contributed by atoms with Crippen LogP contribution < -0.4 is 5.32 Å². The van der Waals surface area contributed by atoms with Gasteiger partial charge >= 0.3 is 6.09 Å². The summed E-state index contributed by atoms with van der Waals surface area (Å²) in [4.78, 5) is 22.2. The van der Waals surface area contributed by atoms with E-state index in [1.807, 2.05) is 19.9 Å². The van der Waals surface area contributed by atoms with Crippen molar-refractivity contribution in [2.24, 2.45) is 5.92 Å². The third-order valence-corrected chi connectivity index (χ3v) is 2.83. The fraction of sp³-hybridized carbons (Fsp3) is 0.429. The first-order valence-electron chi connectivity index (χ1n) is 6.07. The van der Waals surface area contributed by atoms with Crippen LogP contribution in [0.2, 0.25) is 5.02 Å².